The first kappa shape index (κ1) is 31.1. The number of halogens is 4. The lowest BCUT2D eigenvalue weighted by molar-refractivity contribution is -0.203. The minimum atomic E-state index is -4.17. The van der Waals surface area contributed by atoms with Crippen LogP contribution in [-0.2, 0) is 16.3 Å². The highest BCUT2D eigenvalue weighted by atomic mass is 19.3. The number of likely N-dealkylation sites (tertiary alicyclic amines) is 1. The number of nitrogens with two attached hydrogens (primary N) is 2. The van der Waals surface area contributed by atoms with Gasteiger partial charge in [0.25, 0.3) is 0 Å². The van der Waals surface area contributed by atoms with Crippen molar-refractivity contribution in [3.05, 3.63) is 100 Å². The topological polar surface area (TPSA) is 121 Å². The molecule has 8 nitrogen and oxygen atoms in total. The molecule has 2 aromatic carbocycles. The van der Waals surface area contributed by atoms with Crippen molar-refractivity contribution >= 4 is 12.7 Å². The Bertz CT molecular complexity index is 1400. The van der Waals surface area contributed by atoms with Crippen molar-refractivity contribution in [2.45, 2.75) is 31.3 Å². The first-order valence-electron chi connectivity index (χ1n) is 12.5. The molecular weight excluding hydrogens is 540 g/mol. The van der Waals surface area contributed by atoms with E-state index in [0.29, 0.717) is 22.7 Å². The van der Waals surface area contributed by atoms with E-state index in [0.717, 1.165) is 55.3 Å². The maximum Gasteiger partial charge on any atom is 0.323 e. The van der Waals surface area contributed by atoms with Gasteiger partial charge in [0.1, 0.15) is 23.7 Å². The van der Waals surface area contributed by atoms with E-state index in [2.05, 4.69) is 21.9 Å². The molecule has 3 aromatic rings. The Balaban J connectivity index is 0.000000575. The maximum absolute atomic E-state index is 15.6. The second kappa shape index (κ2) is 13.7. The Hall–Kier alpha value is -4.47. The van der Waals surface area contributed by atoms with E-state index in [1.54, 1.807) is 4.90 Å². The van der Waals surface area contributed by atoms with Gasteiger partial charge in [-0.1, -0.05) is 29.5 Å². The number of aryl methyl sites for hydroxylation is 1. The predicted molar refractivity (Wildman–Crippen MR) is 146 cm³/mol. The summed E-state index contributed by atoms with van der Waals surface area (Å²) in [6, 6.07) is 11.5. The molecule has 1 unspecified atom stereocenters. The zero-order chi connectivity index (χ0) is 30.0. The lowest BCUT2D eigenvalue weighted by atomic mass is 9.84. The van der Waals surface area contributed by atoms with Crippen LogP contribution in [0.3, 0.4) is 0 Å². The standard InChI is InChI=1S/C24H21F4N5O.C5H9NO/c1-16-2-4-17(5-3-16)6-7-18-8-11-22(31-13-18)24(27,28)23(34,14-33(30)15-32-29)20-10-9-19(25)12-21(20)26;7-5-6-3-1-2-4-6/h2-5,8-13,15,34H,14,29-30H2,1H3;5H,1-4H2/b32-15-;. The van der Waals surface area contributed by atoms with E-state index in [4.69, 9.17) is 11.7 Å². The minimum Gasteiger partial charge on any atom is -0.377 e. The number of rotatable bonds is 7. The number of benzene rings is 2. The number of carbonyl (C=O) groups excluding carboxylic acids is 1. The average molecular weight is 571 g/mol. The van der Waals surface area contributed by atoms with E-state index in [-0.39, 0.29) is 0 Å². The van der Waals surface area contributed by atoms with Crippen LogP contribution in [0.25, 0.3) is 0 Å². The molecule has 1 atom stereocenters. The molecule has 0 bridgehead atoms. The molecule has 1 amide bonds. The van der Waals surface area contributed by atoms with Crippen molar-refractivity contribution in [3.8, 4) is 11.8 Å². The number of amides is 1. The molecule has 2 heterocycles. The summed E-state index contributed by atoms with van der Waals surface area (Å²) in [5.41, 5.74) is -2.89. The monoisotopic (exact) mass is 570 g/mol. The quantitative estimate of drug-likeness (QED) is 0.0762. The first-order chi connectivity index (χ1) is 19.5. The van der Waals surface area contributed by atoms with Crippen LogP contribution in [-0.4, -0.2) is 52.4 Å². The second-order valence-electron chi connectivity index (χ2n) is 9.39. The van der Waals surface area contributed by atoms with Gasteiger partial charge in [-0.25, -0.2) is 14.6 Å². The molecular formula is C29H30F4N6O2. The lowest BCUT2D eigenvalue weighted by Gasteiger charge is -2.37. The lowest BCUT2D eigenvalue weighted by Crippen LogP contribution is -2.53. The molecule has 1 aliphatic rings. The van der Waals surface area contributed by atoms with Crippen LogP contribution in [0.4, 0.5) is 17.6 Å². The van der Waals surface area contributed by atoms with E-state index >= 15 is 8.78 Å². The molecule has 0 aliphatic carbocycles. The molecule has 0 saturated carbocycles. The Morgan fingerprint density at radius 3 is 2.24 bits per heavy atom. The Labute approximate surface area is 235 Å². The number of hydrazine groups is 1. The number of aliphatic hydroxyl groups is 1. The van der Waals surface area contributed by atoms with Crippen LogP contribution in [0.2, 0.25) is 0 Å². The summed E-state index contributed by atoms with van der Waals surface area (Å²) >= 11 is 0. The molecule has 5 N–H and O–H groups in total. The van der Waals surface area contributed by atoms with Gasteiger partial charge in [-0.15, -0.1) is 0 Å². The highest BCUT2D eigenvalue weighted by Gasteiger charge is 2.58. The summed E-state index contributed by atoms with van der Waals surface area (Å²) < 4.78 is 59.1. The summed E-state index contributed by atoms with van der Waals surface area (Å²) in [6.07, 6.45) is 5.18. The number of nitrogens with zero attached hydrogens (tertiary/aromatic N) is 4. The van der Waals surface area contributed by atoms with Gasteiger partial charge < -0.3 is 15.8 Å². The fourth-order valence-corrected chi connectivity index (χ4v) is 4.06. The fourth-order valence-electron chi connectivity index (χ4n) is 4.06. The number of carbonyl (C=O) groups is 1. The number of alkyl halides is 2. The summed E-state index contributed by atoms with van der Waals surface area (Å²) in [5.74, 6) is 9.69. The normalized spacial score (nSPS) is 14.5. The zero-order valence-electron chi connectivity index (χ0n) is 22.3. The molecule has 41 heavy (non-hydrogen) atoms. The smallest absolute Gasteiger partial charge is 0.323 e. The highest BCUT2D eigenvalue weighted by molar-refractivity contribution is 5.54. The number of pyridine rings is 1. The van der Waals surface area contributed by atoms with Gasteiger partial charge >= 0.3 is 5.92 Å². The van der Waals surface area contributed by atoms with Crippen molar-refractivity contribution in [2.75, 3.05) is 19.6 Å². The van der Waals surface area contributed by atoms with Gasteiger partial charge in [0.05, 0.1) is 6.54 Å². The highest BCUT2D eigenvalue weighted by Crippen LogP contribution is 2.45. The molecule has 12 heteroatoms. The summed E-state index contributed by atoms with van der Waals surface area (Å²) in [4.78, 5) is 15.5. The number of hydrogen-bond donors (Lipinski definition) is 3. The van der Waals surface area contributed by atoms with Crippen LogP contribution >= 0.6 is 0 Å². The average Bonchev–Trinajstić information content (AvgIpc) is 3.47. The van der Waals surface area contributed by atoms with Crippen LogP contribution in [0.1, 0.15) is 40.8 Å². The van der Waals surface area contributed by atoms with Gasteiger partial charge in [-0.3, -0.25) is 14.8 Å². The van der Waals surface area contributed by atoms with Crippen molar-refractivity contribution in [2.24, 2.45) is 16.8 Å². The summed E-state index contributed by atoms with van der Waals surface area (Å²) in [7, 11) is 0. The largest absolute Gasteiger partial charge is 0.377 e. The third kappa shape index (κ3) is 7.81. The Morgan fingerprint density at radius 1 is 1.07 bits per heavy atom. The third-order valence-corrected chi connectivity index (χ3v) is 6.30. The van der Waals surface area contributed by atoms with Crippen LogP contribution in [0.5, 0.6) is 0 Å². The van der Waals surface area contributed by atoms with Gasteiger partial charge in [0.15, 0.2) is 5.60 Å². The SMILES string of the molecule is Cc1ccc(C#Cc2ccc(C(F)(F)C(O)(CN(N)/C=N\N)c3ccc(F)cc3F)nc2)cc1.O=CN1CCCC1. The van der Waals surface area contributed by atoms with E-state index in [9.17, 15) is 18.7 Å². The van der Waals surface area contributed by atoms with Crippen molar-refractivity contribution in [3.63, 3.8) is 0 Å². The number of aromatic nitrogens is 1. The molecule has 1 aliphatic heterocycles. The minimum absolute atomic E-state index is 0.340. The third-order valence-electron chi connectivity index (χ3n) is 6.30. The van der Waals surface area contributed by atoms with Crippen LogP contribution in [0.15, 0.2) is 65.9 Å². The molecule has 216 valence electrons. The van der Waals surface area contributed by atoms with E-state index in [1.807, 2.05) is 31.2 Å². The molecule has 0 radical (unpaired) electrons. The number of hydrazone groups is 1. The van der Waals surface area contributed by atoms with Crippen LogP contribution < -0.4 is 11.7 Å². The van der Waals surface area contributed by atoms with Gasteiger partial charge in [-0.2, -0.15) is 13.9 Å². The summed E-state index contributed by atoms with van der Waals surface area (Å²) in [6.45, 7) is 2.85. The van der Waals surface area contributed by atoms with E-state index in [1.165, 1.54) is 18.9 Å². The molecule has 0 spiro atoms. The van der Waals surface area contributed by atoms with Crippen LogP contribution in [0, 0.1) is 30.4 Å². The molecule has 1 saturated heterocycles. The molecule has 4 rings (SSSR count). The number of hydrogen-bond acceptors (Lipinski definition) is 6. The fraction of sp³-hybridized carbons (Fsp3) is 0.276. The Morgan fingerprint density at radius 2 is 1.71 bits per heavy atom. The van der Waals surface area contributed by atoms with Gasteiger partial charge in [0, 0.05) is 42.0 Å². The predicted octanol–water partition coefficient (Wildman–Crippen LogP) is 3.36. The van der Waals surface area contributed by atoms with Gasteiger partial charge in [0.2, 0.25) is 6.41 Å². The van der Waals surface area contributed by atoms with Crippen molar-refractivity contribution in [1.29, 1.82) is 0 Å². The molecule has 1 fully saturated rings. The van der Waals surface area contributed by atoms with Crippen molar-refractivity contribution < 1.29 is 27.5 Å². The van der Waals surface area contributed by atoms with E-state index < -0.39 is 41.0 Å². The van der Waals surface area contributed by atoms with Crippen molar-refractivity contribution in [1.82, 2.24) is 14.9 Å². The zero-order valence-corrected chi connectivity index (χ0v) is 22.3. The second-order valence-corrected chi connectivity index (χ2v) is 9.39. The molecule has 1 aromatic heterocycles. The summed E-state index contributed by atoms with van der Waals surface area (Å²) in [5, 5.41) is 14.7. The Kier molecular flexibility index (Phi) is 10.4. The van der Waals surface area contributed by atoms with Gasteiger partial charge in [-0.05, 0) is 56.2 Å². The maximum atomic E-state index is 15.6. The first-order valence-corrected chi connectivity index (χ1v) is 12.5.